The van der Waals surface area contributed by atoms with Crippen LogP contribution < -0.4 is 53.0 Å². The predicted molar refractivity (Wildman–Crippen MR) is 389 cm³/mol. The number of amides is 9. The Hall–Kier alpha value is -9.81. The number of halogens is 2. The summed E-state index contributed by atoms with van der Waals surface area (Å²) < 4.78 is 35.6. The molecule has 3 aromatic heterocycles. The van der Waals surface area contributed by atoms with Crippen LogP contribution in [0.15, 0.2) is 110 Å². The van der Waals surface area contributed by atoms with Gasteiger partial charge in [0.2, 0.25) is 53.2 Å². The third-order valence-corrected chi connectivity index (χ3v) is 21.4. The first-order valence-corrected chi connectivity index (χ1v) is 37.4. The van der Waals surface area contributed by atoms with Gasteiger partial charge in [-0.3, -0.25) is 47.9 Å². The minimum atomic E-state index is -2.00. The zero-order valence-electron chi connectivity index (χ0n) is 58.0. The molecule has 8 atom stereocenters. The number of unbranched alkanes of at least 4 members (excludes halogenated alkanes) is 1. The second kappa shape index (κ2) is 36.6. The number of ether oxygens (including phenoxy) is 1. The van der Waals surface area contributed by atoms with E-state index in [0.717, 1.165) is 11.1 Å². The number of nitrogens with two attached hydrogens (primary N) is 1. The third-order valence-electron chi connectivity index (χ3n) is 19.4. The van der Waals surface area contributed by atoms with Crippen molar-refractivity contribution in [3.8, 4) is 5.75 Å². The standard InChI is InChI=1S/C74H90F2N14O12S2/c1-74-23-8-26-90(74)72(100)62(30-43-14-18-52(102-2)19-15-43)88-69(97)60(35-51-39-78-42-82-51)85-70(98)61(36-64(92)93)86-67(95)58(31-47-37-80-55-20-16-49(75)33-53(47)55)84-68(96)59(32-48-38-81-56-21-17-50(76)34-54(48)56)87-71(99)65(46-11-3-4-12-46)89-66(94)57(13-5-6-24-77)83-63(91)22-27-103-40-44-9-7-10-45(29-44)41-104-28-25-79-73(74)101/h7,9-10,14-21,29,33-34,37-39,42,46,57-62,65,80-81H,3-6,8,11-13,22-28,30-32,35-36,40-41,77H2,1-2H3,(H,78,82)(H,79,101)(H,83,91)(H,84,96)(H,85,98)(H,86,95)(H,87,99)(H,88,97)(H,89,94)(H,92,93)/t57-,58-,59-,60-,61-,62-,65+,74-/m0/s1. The van der Waals surface area contributed by atoms with Gasteiger partial charge >= 0.3 is 5.97 Å². The van der Waals surface area contributed by atoms with Crippen molar-refractivity contribution in [2.24, 2.45) is 11.7 Å². The molecule has 2 fully saturated rings. The molecule has 9 amide bonds. The number of nitrogens with zero attached hydrogens (tertiary/aromatic N) is 2. The van der Waals surface area contributed by atoms with Gasteiger partial charge in [-0.25, -0.2) is 13.8 Å². The molecule has 0 unspecified atom stereocenters. The number of thioether (sulfide) groups is 2. The number of carbonyl (C=O) groups excluding carboxylic acids is 9. The molecule has 7 aromatic rings. The molecule has 14 N–H and O–H groups in total. The minimum absolute atomic E-state index is 0.0656. The molecule has 26 nitrogen and oxygen atoms in total. The van der Waals surface area contributed by atoms with Crippen LogP contribution in [0.1, 0.15) is 111 Å². The number of nitrogens with one attached hydrogen (secondary N) is 11. The van der Waals surface area contributed by atoms with Crippen LogP contribution in [-0.4, -0.2) is 175 Å². The highest BCUT2D eigenvalue weighted by Crippen LogP contribution is 2.32. The van der Waals surface area contributed by atoms with Crippen molar-refractivity contribution in [2.75, 3.05) is 38.2 Å². The van der Waals surface area contributed by atoms with Gasteiger partial charge in [-0.1, -0.05) is 49.2 Å². The Balaban J connectivity index is 1.00. The number of imidazole rings is 1. The fraction of sp³-hybridized carbons (Fsp3) is 0.446. The molecule has 2 bridgehead atoms. The van der Waals surface area contributed by atoms with Gasteiger partial charge in [0.25, 0.3) is 0 Å². The highest BCUT2D eigenvalue weighted by molar-refractivity contribution is 7.98. The first-order valence-electron chi connectivity index (χ1n) is 35.1. The number of rotatable bonds is 16. The summed E-state index contributed by atoms with van der Waals surface area (Å²) in [6.45, 7) is 2.42. The van der Waals surface area contributed by atoms with E-state index in [-0.39, 0.29) is 56.5 Å². The van der Waals surface area contributed by atoms with E-state index in [1.165, 1.54) is 73.3 Å². The van der Waals surface area contributed by atoms with E-state index in [1.807, 2.05) is 18.2 Å². The molecule has 0 radical (unpaired) electrons. The van der Waals surface area contributed by atoms with Crippen LogP contribution in [0.5, 0.6) is 5.75 Å². The zero-order valence-corrected chi connectivity index (χ0v) is 59.7. The minimum Gasteiger partial charge on any atom is -0.497 e. The molecule has 0 spiro atoms. The van der Waals surface area contributed by atoms with Crippen LogP contribution in [-0.2, 0) is 85.1 Å². The average Bonchev–Trinajstić information content (AvgIpc) is 1.63. The summed E-state index contributed by atoms with van der Waals surface area (Å²) >= 11 is 3.15. The van der Waals surface area contributed by atoms with Crippen LogP contribution in [0.25, 0.3) is 21.8 Å². The number of hydrogen-bond donors (Lipinski definition) is 13. The molecule has 1 aliphatic carbocycles. The SMILES string of the molecule is COc1ccc(C[C@@H]2NC(=O)[C@H](Cc3c[nH]cn3)NC(=O)[C@H](CC(=O)O)NC(=O)[C@H](Cc3c[nH]c4ccc(F)cc34)NC(=O)[C@H](Cc3c[nH]c4ccc(F)cc34)NC(=O)[C@@H](C3CCCC3)NC(=O)[C@H](CCCCN)NC(=O)CCSCc3cccc(c3)CSCCNC(=O)[C@]3(C)CCCN3C2=O)cc1. The fourth-order valence-electron chi connectivity index (χ4n) is 13.7. The number of carboxylic acid groups (broad SMARTS) is 1. The van der Waals surface area contributed by atoms with Gasteiger partial charge in [0.15, 0.2) is 0 Å². The van der Waals surface area contributed by atoms with Crippen molar-refractivity contribution in [1.82, 2.24) is 67.4 Å². The van der Waals surface area contributed by atoms with E-state index in [1.54, 1.807) is 54.7 Å². The van der Waals surface area contributed by atoms with E-state index < -0.39 is 137 Å². The second-order valence-electron chi connectivity index (χ2n) is 26.9. The Bertz CT molecular complexity index is 4190. The molecule has 3 aliphatic rings. The summed E-state index contributed by atoms with van der Waals surface area (Å²) in [7, 11) is 1.49. The quantitative estimate of drug-likeness (QED) is 0.0554. The van der Waals surface area contributed by atoms with Crippen molar-refractivity contribution in [3.63, 3.8) is 0 Å². The van der Waals surface area contributed by atoms with Crippen molar-refractivity contribution >= 4 is 104 Å². The number of carbonyl (C=O) groups is 10. The molecule has 554 valence electrons. The van der Waals surface area contributed by atoms with Crippen LogP contribution in [0.4, 0.5) is 8.78 Å². The summed E-state index contributed by atoms with van der Waals surface area (Å²) in [4.78, 5) is 162. The van der Waals surface area contributed by atoms with Crippen molar-refractivity contribution < 1.29 is 66.6 Å². The van der Waals surface area contributed by atoms with Gasteiger partial charge in [-0.15, -0.1) is 0 Å². The highest BCUT2D eigenvalue weighted by Gasteiger charge is 2.48. The number of methoxy groups -OCH3 is 1. The number of hydrogen-bond acceptors (Lipinski definition) is 15. The highest BCUT2D eigenvalue weighted by atomic mass is 32.2. The van der Waals surface area contributed by atoms with Gasteiger partial charge in [0.05, 0.1) is 25.6 Å². The third kappa shape index (κ3) is 20.5. The largest absolute Gasteiger partial charge is 0.497 e. The zero-order chi connectivity index (χ0) is 73.9. The number of carboxylic acids is 1. The van der Waals surface area contributed by atoms with Gasteiger partial charge in [-0.2, -0.15) is 23.5 Å². The molecule has 10 rings (SSSR count). The Morgan fingerprint density at radius 3 is 1.82 bits per heavy atom. The Kier molecular flexibility index (Phi) is 27.0. The van der Waals surface area contributed by atoms with E-state index in [0.29, 0.717) is 120 Å². The predicted octanol–water partition coefficient (Wildman–Crippen LogP) is 5.18. The monoisotopic (exact) mass is 1470 g/mol. The molecule has 30 heteroatoms. The molecule has 1 saturated carbocycles. The summed E-state index contributed by atoms with van der Waals surface area (Å²) in [6.07, 6.45) is 7.92. The maximum absolute atomic E-state index is 15.5. The number of benzene rings is 4. The lowest BCUT2D eigenvalue weighted by atomic mass is 9.95. The number of H-pyrrole nitrogens is 3. The van der Waals surface area contributed by atoms with Crippen LogP contribution >= 0.6 is 23.5 Å². The molecule has 4 aromatic carbocycles. The molecule has 5 heterocycles. The van der Waals surface area contributed by atoms with Crippen molar-refractivity contribution in [1.29, 1.82) is 0 Å². The normalized spacial score (nSPS) is 23.4. The summed E-state index contributed by atoms with van der Waals surface area (Å²) in [6, 6.07) is 11.9. The van der Waals surface area contributed by atoms with Crippen LogP contribution in [0.2, 0.25) is 0 Å². The number of aromatic nitrogens is 4. The summed E-state index contributed by atoms with van der Waals surface area (Å²) in [5.41, 5.74) is 8.98. The number of aliphatic carboxylic acids is 1. The first-order chi connectivity index (χ1) is 50.1. The van der Waals surface area contributed by atoms with E-state index >= 15 is 32.8 Å². The molecular formula is C74H90F2N14O12S2. The summed E-state index contributed by atoms with van der Waals surface area (Å²) in [5, 5.41) is 33.5. The van der Waals surface area contributed by atoms with Crippen LogP contribution in [0.3, 0.4) is 0 Å². The maximum Gasteiger partial charge on any atom is 0.305 e. The molecule has 2 aliphatic heterocycles. The van der Waals surface area contributed by atoms with E-state index in [4.69, 9.17) is 10.5 Å². The molecule has 1 saturated heterocycles. The second-order valence-corrected chi connectivity index (χ2v) is 29.1. The maximum atomic E-state index is 15.5. The fourth-order valence-corrected chi connectivity index (χ4v) is 15.4. The average molecular weight is 1470 g/mol. The van der Waals surface area contributed by atoms with Gasteiger partial charge in [0.1, 0.15) is 65.2 Å². The smallest absolute Gasteiger partial charge is 0.305 e. The van der Waals surface area contributed by atoms with Gasteiger partial charge in [0, 0.05) is 109 Å². The lowest BCUT2D eigenvalue weighted by molar-refractivity contribution is -0.146. The Morgan fingerprint density at radius 2 is 1.22 bits per heavy atom. The number of aromatic amines is 3. The van der Waals surface area contributed by atoms with E-state index in [9.17, 15) is 29.1 Å². The van der Waals surface area contributed by atoms with Gasteiger partial charge in [-0.05, 0) is 141 Å². The lowest BCUT2D eigenvalue weighted by Gasteiger charge is -2.36. The molecule has 104 heavy (non-hydrogen) atoms. The summed E-state index contributed by atoms with van der Waals surface area (Å²) in [5.74, 6) is -7.71. The van der Waals surface area contributed by atoms with Crippen molar-refractivity contribution in [2.45, 2.75) is 163 Å². The number of fused-ring (bicyclic) bond motifs is 5. The topological polar surface area (TPSA) is 386 Å². The Labute approximate surface area is 608 Å². The van der Waals surface area contributed by atoms with Gasteiger partial charge < -0.3 is 78.0 Å². The van der Waals surface area contributed by atoms with Crippen molar-refractivity contribution in [3.05, 3.63) is 155 Å². The first kappa shape index (κ1) is 76.8. The molecular weight excluding hydrogens is 1380 g/mol. The van der Waals surface area contributed by atoms with Crippen LogP contribution in [0, 0.1) is 17.6 Å². The Morgan fingerprint density at radius 1 is 0.644 bits per heavy atom. The van der Waals surface area contributed by atoms with E-state index in [2.05, 4.69) is 68.5 Å². The lowest BCUT2D eigenvalue weighted by Crippen LogP contribution is -2.62.